The van der Waals surface area contributed by atoms with Crippen LogP contribution >= 0.6 is 28.1 Å². The predicted octanol–water partition coefficient (Wildman–Crippen LogP) is 4.43. The molecule has 0 aliphatic carbocycles. The molecule has 0 atom stereocenters. The van der Waals surface area contributed by atoms with E-state index >= 15 is 0 Å². The van der Waals surface area contributed by atoms with E-state index in [0.29, 0.717) is 11.3 Å². The Morgan fingerprint density at radius 2 is 1.67 bits per heavy atom. The number of aromatic hydroxyl groups is 1. The fourth-order valence-corrected chi connectivity index (χ4v) is 3.07. The van der Waals surface area contributed by atoms with Crippen LogP contribution in [0.1, 0.15) is 10.4 Å². The van der Waals surface area contributed by atoms with E-state index in [-0.39, 0.29) is 16.8 Å². The standard InChI is InChI=1S/C18H13BrN2O2S/c19-14-8-4-5-11-12(14)6-3-7-13(11)17(23)21-18(24)20-15-9-1-2-10-16(15)22/h1-10,22H,(H2,20,21,23,24). The fourth-order valence-electron chi connectivity index (χ4n) is 2.37. The second-order valence-corrected chi connectivity index (χ2v) is 6.33. The van der Waals surface area contributed by atoms with Gasteiger partial charge in [0.2, 0.25) is 0 Å². The van der Waals surface area contributed by atoms with Gasteiger partial charge < -0.3 is 10.4 Å². The van der Waals surface area contributed by atoms with Crippen LogP contribution in [0.3, 0.4) is 0 Å². The van der Waals surface area contributed by atoms with Gasteiger partial charge in [0.25, 0.3) is 5.91 Å². The van der Waals surface area contributed by atoms with Crippen LogP contribution in [-0.4, -0.2) is 16.1 Å². The first kappa shape index (κ1) is 16.4. The minimum atomic E-state index is -0.313. The Kier molecular flexibility index (Phi) is 4.78. The van der Waals surface area contributed by atoms with Crippen molar-refractivity contribution in [3.63, 3.8) is 0 Å². The SMILES string of the molecule is O=C(NC(=S)Nc1ccccc1O)c1cccc2c(Br)cccc12. The summed E-state index contributed by atoms with van der Waals surface area (Å²) in [4.78, 5) is 12.5. The van der Waals surface area contributed by atoms with Gasteiger partial charge in [-0.05, 0) is 47.3 Å². The third-order valence-corrected chi connectivity index (χ3v) is 4.39. The molecule has 24 heavy (non-hydrogen) atoms. The molecule has 0 radical (unpaired) electrons. The number of hydrogen-bond acceptors (Lipinski definition) is 3. The highest BCUT2D eigenvalue weighted by Gasteiger charge is 2.13. The highest BCUT2D eigenvalue weighted by molar-refractivity contribution is 9.10. The summed E-state index contributed by atoms with van der Waals surface area (Å²) in [6.07, 6.45) is 0. The van der Waals surface area contributed by atoms with E-state index in [4.69, 9.17) is 12.2 Å². The molecule has 3 aromatic carbocycles. The number of fused-ring (bicyclic) bond motifs is 1. The molecular weight excluding hydrogens is 388 g/mol. The zero-order chi connectivity index (χ0) is 17.1. The molecule has 0 aliphatic rings. The lowest BCUT2D eigenvalue weighted by atomic mass is 10.0. The number of para-hydroxylation sites is 2. The largest absolute Gasteiger partial charge is 0.506 e. The number of rotatable bonds is 2. The molecule has 3 N–H and O–H groups in total. The number of amides is 1. The molecule has 1 amide bonds. The van der Waals surface area contributed by atoms with Crippen LogP contribution < -0.4 is 10.6 Å². The van der Waals surface area contributed by atoms with Crippen molar-refractivity contribution in [2.24, 2.45) is 0 Å². The number of phenols is 1. The summed E-state index contributed by atoms with van der Waals surface area (Å²) in [6.45, 7) is 0. The lowest BCUT2D eigenvalue weighted by Gasteiger charge is -2.12. The predicted molar refractivity (Wildman–Crippen MR) is 103 cm³/mol. The zero-order valence-corrected chi connectivity index (χ0v) is 14.8. The Labute approximate surface area is 152 Å². The number of carbonyl (C=O) groups excluding carboxylic acids is 1. The number of nitrogens with one attached hydrogen (secondary N) is 2. The average Bonchev–Trinajstić information content (AvgIpc) is 2.57. The lowest BCUT2D eigenvalue weighted by Crippen LogP contribution is -2.34. The molecule has 0 heterocycles. The first-order chi connectivity index (χ1) is 11.6. The Hall–Kier alpha value is -2.44. The molecule has 0 aromatic heterocycles. The molecule has 0 saturated carbocycles. The van der Waals surface area contributed by atoms with Crippen molar-refractivity contribution in [2.45, 2.75) is 0 Å². The van der Waals surface area contributed by atoms with Crippen LogP contribution in [0.4, 0.5) is 5.69 Å². The smallest absolute Gasteiger partial charge is 0.258 e. The van der Waals surface area contributed by atoms with Gasteiger partial charge in [-0.2, -0.15) is 0 Å². The summed E-state index contributed by atoms with van der Waals surface area (Å²) in [5.41, 5.74) is 0.957. The number of thiocarbonyl (C=S) groups is 1. The van der Waals surface area contributed by atoms with Gasteiger partial charge in [-0.25, -0.2) is 0 Å². The van der Waals surface area contributed by atoms with Crippen LogP contribution in [0, 0.1) is 0 Å². The van der Waals surface area contributed by atoms with Gasteiger partial charge in [-0.3, -0.25) is 10.1 Å². The van der Waals surface area contributed by atoms with Crippen LogP contribution in [0.25, 0.3) is 10.8 Å². The maximum atomic E-state index is 12.5. The van der Waals surface area contributed by atoms with Crippen LogP contribution in [0.5, 0.6) is 5.75 Å². The number of carbonyl (C=O) groups is 1. The van der Waals surface area contributed by atoms with Crippen molar-refractivity contribution in [3.8, 4) is 5.75 Å². The molecule has 3 aromatic rings. The lowest BCUT2D eigenvalue weighted by molar-refractivity contribution is 0.0979. The molecule has 0 bridgehead atoms. The molecule has 0 saturated heterocycles. The van der Waals surface area contributed by atoms with E-state index in [1.807, 2.05) is 30.3 Å². The van der Waals surface area contributed by atoms with E-state index in [1.165, 1.54) is 6.07 Å². The first-order valence-electron chi connectivity index (χ1n) is 7.14. The van der Waals surface area contributed by atoms with E-state index in [2.05, 4.69) is 26.6 Å². The summed E-state index contributed by atoms with van der Waals surface area (Å²) in [5, 5.41) is 17.1. The van der Waals surface area contributed by atoms with Gasteiger partial charge in [0.15, 0.2) is 5.11 Å². The Morgan fingerprint density at radius 1 is 0.958 bits per heavy atom. The molecule has 0 unspecified atom stereocenters. The monoisotopic (exact) mass is 400 g/mol. The van der Waals surface area contributed by atoms with Crippen LogP contribution in [-0.2, 0) is 0 Å². The van der Waals surface area contributed by atoms with Crippen molar-refractivity contribution in [1.82, 2.24) is 5.32 Å². The van der Waals surface area contributed by atoms with E-state index < -0.39 is 0 Å². The van der Waals surface area contributed by atoms with Gasteiger partial charge in [0.1, 0.15) is 5.75 Å². The summed E-state index contributed by atoms with van der Waals surface area (Å²) in [6, 6.07) is 17.9. The van der Waals surface area contributed by atoms with Crippen molar-refractivity contribution >= 4 is 55.6 Å². The molecule has 4 nitrogen and oxygen atoms in total. The molecule has 120 valence electrons. The van der Waals surface area contributed by atoms with Gasteiger partial charge >= 0.3 is 0 Å². The molecular formula is C18H13BrN2O2S. The Morgan fingerprint density at radius 3 is 2.46 bits per heavy atom. The maximum absolute atomic E-state index is 12.5. The highest BCUT2D eigenvalue weighted by atomic mass is 79.9. The van der Waals surface area contributed by atoms with Crippen LogP contribution in [0.2, 0.25) is 0 Å². The molecule has 6 heteroatoms. The maximum Gasteiger partial charge on any atom is 0.258 e. The van der Waals surface area contributed by atoms with Crippen molar-refractivity contribution in [2.75, 3.05) is 5.32 Å². The van der Waals surface area contributed by atoms with Crippen molar-refractivity contribution in [1.29, 1.82) is 0 Å². The third-order valence-electron chi connectivity index (χ3n) is 3.49. The molecule has 0 aliphatic heterocycles. The quantitative estimate of drug-likeness (QED) is 0.439. The van der Waals surface area contributed by atoms with Crippen LogP contribution in [0.15, 0.2) is 65.1 Å². The molecule has 0 spiro atoms. The van der Waals surface area contributed by atoms with Gasteiger partial charge in [-0.1, -0.05) is 52.3 Å². The summed E-state index contributed by atoms with van der Waals surface area (Å²) < 4.78 is 0.921. The Bertz CT molecular complexity index is 943. The highest BCUT2D eigenvalue weighted by Crippen LogP contribution is 2.26. The fraction of sp³-hybridized carbons (Fsp3) is 0. The van der Waals surface area contributed by atoms with E-state index in [0.717, 1.165) is 15.2 Å². The van der Waals surface area contributed by atoms with E-state index in [9.17, 15) is 9.90 Å². The van der Waals surface area contributed by atoms with Crippen molar-refractivity contribution in [3.05, 3.63) is 70.7 Å². The zero-order valence-electron chi connectivity index (χ0n) is 12.4. The summed E-state index contributed by atoms with van der Waals surface area (Å²) in [5.74, 6) is -0.255. The Balaban J connectivity index is 1.82. The first-order valence-corrected chi connectivity index (χ1v) is 8.34. The second kappa shape index (κ2) is 6.98. The molecule has 0 fully saturated rings. The average molecular weight is 401 g/mol. The number of halogens is 1. The number of hydrogen-bond donors (Lipinski definition) is 3. The normalized spacial score (nSPS) is 10.4. The minimum Gasteiger partial charge on any atom is -0.506 e. The number of anilines is 1. The summed E-state index contributed by atoms with van der Waals surface area (Å²) >= 11 is 8.64. The molecule has 3 rings (SSSR count). The van der Waals surface area contributed by atoms with Gasteiger partial charge in [0, 0.05) is 10.0 Å². The van der Waals surface area contributed by atoms with Crippen molar-refractivity contribution < 1.29 is 9.90 Å². The van der Waals surface area contributed by atoms with Gasteiger partial charge in [-0.15, -0.1) is 0 Å². The summed E-state index contributed by atoms with van der Waals surface area (Å²) in [7, 11) is 0. The number of benzene rings is 3. The van der Waals surface area contributed by atoms with Gasteiger partial charge in [0.05, 0.1) is 5.69 Å². The number of phenolic OH excluding ortho intramolecular Hbond substituents is 1. The van der Waals surface area contributed by atoms with E-state index in [1.54, 1.807) is 24.3 Å². The topological polar surface area (TPSA) is 61.4 Å². The third kappa shape index (κ3) is 3.39. The second-order valence-electron chi connectivity index (χ2n) is 5.07. The minimum absolute atomic E-state index is 0.0585.